The first kappa shape index (κ1) is 15.2. The quantitative estimate of drug-likeness (QED) is 0.775. The molecule has 0 aromatic heterocycles. The molecule has 0 aliphatic carbocycles. The molecule has 1 aliphatic rings. The Labute approximate surface area is 114 Å². The summed E-state index contributed by atoms with van der Waals surface area (Å²) < 4.78 is 64.8. The molecule has 0 amide bonds. The van der Waals surface area contributed by atoms with Crippen LogP contribution in [0.2, 0.25) is 0 Å². The molecule has 2 N–H and O–H groups in total. The van der Waals surface area contributed by atoms with E-state index in [1.807, 2.05) is 0 Å². The van der Waals surface area contributed by atoms with Crippen LogP contribution in [0.1, 0.15) is 0 Å². The lowest BCUT2D eigenvalue weighted by atomic mass is 10.2. The number of benzene rings is 1. The molecule has 1 aliphatic heterocycles. The number of hydrogen-bond acceptors (Lipinski definition) is 4. The zero-order chi connectivity index (χ0) is 15.1. The molecule has 0 spiro atoms. The maximum Gasteiger partial charge on any atom is 0.246 e. The van der Waals surface area contributed by atoms with E-state index in [9.17, 15) is 26.7 Å². The molecule has 1 saturated heterocycles. The summed E-state index contributed by atoms with van der Waals surface area (Å²) in [7, 11) is -3.22. The van der Waals surface area contributed by atoms with Crippen molar-refractivity contribution in [2.45, 2.75) is 17.0 Å². The van der Waals surface area contributed by atoms with Crippen LogP contribution in [0.5, 0.6) is 0 Å². The minimum Gasteiger partial charge on any atom is -0.390 e. The number of rotatable bonds is 3. The van der Waals surface area contributed by atoms with Crippen LogP contribution >= 0.6 is 0 Å². The highest BCUT2D eigenvalue weighted by atomic mass is 32.2. The molecule has 0 bridgehead atoms. The molecule has 9 heteroatoms. The molecule has 1 aromatic carbocycles. The first-order valence-corrected chi connectivity index (χ1v) is 7.21. The maximum atomic E-state index is 13.6. The Morgan fingerprint density at radius 1 is 1.25 bits per heavy atom. The van der Waals surface area contributed by atoms with Gasteiger partial charge in [-0.25, -0.2) is 21.6 Å². The van der Waals surface area contributed by atoms with Crippen LogP contribution in [0.3, 0.4) is 0 Å². The summed E-state index contributed by atoms with van der Waals surface area (Å²) in [4.78, 5) is -0.960. The third kappa shape index (κ3) is 2.41. The van der Waals surface area contributed by atoms with Crippen LogP contribution in [0.4, 0.5) is 13.2 Å². The number of nitrogens with zero attached hydrogens (tertiary/aromatic N) is 1. The number of aliphatic hydroxyl groups is 1. The first-order chi connectivity index (χ1) is 9.26. The largest absolute Gasteiger partial charge is 0.390 e. The van der Waals surface area contributed by atoms with Gasteiger partial charge in [0.1, 0.15) is 4.90 Å². The van der Waals surface area contributed by atoms with E-state index in [1.54, 1.807) is 0 Å². The molecular formula is C11H13F3N2O3S. The molecular weight excluding hydrogens is 297 g/mol. The van der Waals surface area contributed by atoms with Gasteiger partial charge in [-0.2, -0.15) is 4.31 Å². The van der Waals surface area contributed by atoms with E-state index in [2.05, 4.69) is 5.32 Å². The highest BCUT2D eigenvalue weighted by Crippen LogP contribution is 2.24. The summed E-state index contributed by atoms with van der Waals surface area (Å²) in [6, 6.07) is 0.407. The molecule has 1 aromatic rings. The molecule has 1 fully saturated rings. The van der Waals surface area contributed by atoms with Crippen molar-refractivity contribution in [1.82, 2.24) is 9.62 Å². The highest BCUT2D eigenvalue weighted by molar-refractivity contribution is 7.89. The van der Waals surface area contributed by atoms with Gasteiger partial charge in [-0.3, -0.25) is 0 Å². The van der Waals surface area contributed by atoms with Crippen molar-refractivity contribution in [3.63, 3.8) is 0 Å². The van der Waals surface area contributed by atoms with Crippen molar-refractivity contribution in [2.24, 2.45) is 0 Å². The first-order valence-electron chi connectivity index (χ1n) is 5.77. The van der Waals surface area contributed by atoms with Gasteiger partial charge in [0.05, 0.1) is 12.1 Å². The summed E-state index contributed by atoms with van der Waals surface area (Å²) in [6.07, 6.45) is -0.955. The summed E-state index contributed by atoms with van der Waals surface area (Å²) in [5.41, 5.74) is 0. The van der Waals surface area contributed by atoms with Crippen LogP contribution in [-0.4, -0.2) is 50.1 Å². The minimum absolute atomic E-state index is 0.183. The van der Waals surface area contributed by atoms with E-state index in [0.717, 1.165) is 11.4 Å². The Kier molecular flexibility index (Phi) is 4.05. The molecule has 20 heavy (non-hydrogen) atoms. The van der Waals surface area contributed by atoms with Gasteiger partial charge < -0.3 is 10.4 Å². The third-order valence-electron chi connectivity index (χ3n) is 3.27. The summed E-state index contributed by atoms with van der Waals surface area (Å²) in [5, 5.41) is 12.4. The third-order valence-corrected chi connectivity index (χ3v) is 5.18. The van der Waals surface area contributed by atoms with Gasteiger partial charge in [0, 0.05) is 20.1 Å². The summed E-state index contributed by atoms with van der Waals surface area (Å²) in [5.74, 6) is -5.08. The predicted octanol–water partition coefficient (Wildman–Crippen LogP) is 0.0571. The second-order valence-corrected chi connectivity index (χ2v) is 6.45. The van der Waals surface area contributed by atoms with E-state index >= 15 is 0 Å². The zero-order valence-corrected chi connectivity index (χ0v) is 11.3. The van der Waals surface area contributed by atoms with Crippen LogP contribution < -0.4 is 5.32 Å². The van der Waals surface area contributed by atoms with Gasteiger partial charge >= 0.3 is 0 Å². The Bertz CT molecular complexity index is 624. The predicted molar refractivity (Wildman–Crippen MR) is 63.9 cm³/mol. The molecule has 112 valence electrons. The maximum absolute atomic E-state index is 13.6. The number of nitrogens with one attached hydrogen (secondary N) is 1. The van der Waals surface area contributed by atoms with Crippen LogP contribution in [0, 0.1) is 17.5 Å². The van der Waals surface area contributed by atoms with Gasteiger partial charge in [-0.1, -0.05) is 0 Å². The fourth-order valence-corrected chi connectivity index (χ4v) is 3.50. The average Bonchev–Trinajstić information content (AvgIpc) is 2.81. The SMILES string of the molecule is CN([C@H]1CNC[C@@H]1O)S(=O)(=O)c1ccc(F)c(F)c1F. The Morgan fingerprint density at radius 3 is 2.45 bits per heavy atom. The molecule has 0 radical (unpaired) electrons. The lowest BCUT2D eigenvalue weighted by Gasteiger charge is -2.25. The highest BCUT2D eigenvalue weighted by Gasteiger charge is 2.37. The molecule has 0 unspecified atom stereocenters. The van der Waals surface area contributed by atoms with E-state index in [4.69, 9.17) is 0 Å². The normalized spacial score (nSPS) is 23.5. The lowest BCUT2D eigenvalue weighted by molar-refractivity contribution is 0.136. The van der Waals surface area contributed by atoms with E-state index < -0.39 is 44.5 Å². The minimum atomic E-state index is -4.37. The number of β-amino-alcohol motifs (C(OH)–C–C–N with tert-alkyl or cyclic N) is 1. The van der Waals surface area contributed by atoms with Crippen molar-refractivity contribution in [3.05, 3.63) is 29.6 Å². The Hall–Kier alpha value is -1.16. The van der Waals surface area contributed by atoms with Gasteiger partial charge in [0.25, 0.3) is 0 Å². The zero-order valence-electron chi connectivity index (χ0n) is 10.5. The standard InChI is InChI=1S/C11H13F3N2O3S/c1-16(7-4-15-5-8(7)17)20(18,19)9-3-2-6(12)10(13)11(9)14/h2-3,7-8,15,17H,4-5H2,1H3/t7-,8-/m0/s1. The fraction of sp³-hybridized carbons (Fsp3) is 0.455. The summed E-state index contributed by atoms with van der Waals surface area (Å²) in [6.45, 7) is 0.382. The number of aliphatic hydroxyl groups excluding tert-OH is 1. The van der Waals surface area contributed by atoms with Gasteiger partial charge in [-0.15, -0.1) is 0 Å². The van der Waals surface area contributed by atoms with E-state index in [-0.39, 0.29) is 13.1 Å². The molecule has 2 rings (SSSR count). The number of halogens is 3. The molecule has 0 saturated carbocycles. The second-order valence-electron chi connectivity index (χ2n) is 4.49. The van der Waals surface area contributed by atoms with Crippen LogP contribution in [0.15, 0.2) is 17.0 Å². The van der Waals surface area contributed by atoms with Crippen molar-refractivity contribution >= 4 is 10.0 Å². The van der Waals surface area contributed by atoms with Crippen molar-refractivity contribution in [1.29, 1.82) is 0 Å². The summed E-state index contributed by atoms with van der Waals surface area (Å²) >= 11 is 0. The van der Waals surface area contributed by atoms with Gasteiger partial charge in [0.2, 0.25) is 10.0 Å². The van der Waals surface area contributed by atoms with Crippen molar-refractivity contribution < 1.29 is 26.7 Å². The second kappa shape index (κ2) is 5.32. The van der Waals surface area contributed by atoms with E-state index in [1.165, 1.54) is 0 Å². The van der Waals surface area contributed by atoms with Crippen LogP contribution in [0.25, 0.3) is 0 Å². The lowest BCUT2D eigenvalue weighted by Crippen LogP contribution is -2.44. The molecule has 5 nitrogen and oxygen atoms in total. The fourth-order valence-electron chi connectivity index (χ4n) is 2.06. The van der Waals surface area contributed by atoms with Crippen molar-refractivity contribution in [2.75, 3.05) is 20.1 Å². The molecule has 2 atom stereocenters. The Morgan fingerprint density at radius 2 is 1.90 bits per heavy atom. The average molecular weight is 310 g/mol. The van der Waals surface area contributed by atoms with Crippen LogP contribution in [-0.2, 0) is 10.0 Å². The smallest absolute Gasteiger partial charge is 0.246 e. The monoisotopic (exact) mass is 310 g/mol. The topological polar surface area (TPSA) is 69.6 Å². The van der Waals surface area contributed by atoms with Gasteiger partial charge in [0.15, 0.2) is 17.5 Å². The number of sulfonamides is 1. The van der Waals surface area contributed by atoms with Gasteiger partial charge in [-0.05, 0) is 12.1 Å². The van der Waals surface area contributed by atoms with E-state index in [0.29, 0.717) is 12.1 Å². The Balaban J connectivity index is 2.43. The number of hydrogen-bond donors (Lipinski definition) is 2. The number of likely N-dealkylation sites (N-methyl/N-ethyl adjacent to an activating group) is 1. The van der Waals surface area contributed by atoms with Crippen molar-refractivity contribution in [3.8, 4) is 0 Å². The molecule has 1 heterocycles.